The molecule has 152 valence electrons. The SMILES string of the molecule is CC(C)Cc1cn(Cc2ccc(C(F)(F)F)cc2)c2c1CCCC2CC(=O)O. The van der Waals surface area contributed by atoms with Crippen LogP contribution in [0.5, 0.6) is 0 Å². The van der Waals surface area contributed by atoms with Gasteiger partial charge in [-0.25, -0.2) is 0 Å². The van der Waals surface area contributed by atoms with E-state index < -0.39 is 17.7 Å². The van der Waals surface area contributed by atoms with Gasteiger partial charge in [-0.15, -0.1) is 0 Å². The van der Waals surface area contributed by atoms with Crippen LogP contribution in [0.15, 0.2) is 30.5 Å². The molecule has 1 aromatic carbocycles. The van der Waals surface area contributed by atoms with Crippen molar-refractivity contribution in [3.05, 3.63) is 58.4 Å². The van der Waals surface area contributed by atoms with Crippen LogP contribution < -0.4 is 0 Å². The van der Waals surface area contributed by atoms with Gasteiger partial charge in [0.2, 0.25) is 0 Å². The van der Waals surface area contributed by atoms with Gasteiger partial charge in [-0.05, 0) is 60.4 Å². The Morgan fingerprint density at radius 2 is 1.93 bits per heavy atom. The van der Waals surface area contributed by atoms with E-state index in [0.29, 0.717) is 12.5 Å². The normalized spacial score (nSPS) is 17.0. The Morgan fingerprint density at radius 1 is 1.25 bits per heavy atom. The number of halogens is 3. The minimum Gasteiger partial charge on any atom is -0.481 e. The summed E-state index contributed by atoms with van der Waals surface area (Å²) < 4.78 is 40.5. The molecule has 0 aliphatic heterocycles. The molecule has 1 aliphatic carbocycles. The molecule has 0 amide bonds. The van der Waals surface area contributed by atoms with E-state index in [1.807, 2.05) is 0 Å². The molecule has 3 nitrogen and oxygen atoms in total. The van der Waals surface area contributed by atoms with Crippen molar-refractivity contribution in [1.29, 1.82) is 0 Å². The van der Waals surface area contributed by atoms with E-state index in [1.165, 1.54) is 23.3 Å². The van der Waals surface area contributed by atoms with E-state index in [2.05, 4.69) is 24.6 Å². The summed E-state index contributed by atoms with van der Waals surface area (Å²) in [4.78, 5) is 11.3. The number of carboxylic acid groups (broad SMARTS) is 1. The lowest BCUT2D eigenvalue weighted by atomic mass is 9.83. The smallest absolute Gasteiger partial charge is 0.416 e. The summed E-state index contributed by atoms with van der Waals surface area (Å²) >= 11 is 0. The Hall–Kier alpha value is -2.24. The summed E-state index contributed by atoms with van der Waals surface area (Å²) in [5, 5.41) is 9.32. The van der Waals surface area contributed by atoms with E-state index in [0.717, 1.165) is 49.1 Å². The van der Waals surface area contributed by atoms with E-state index in [-0.39, 0.29) is 12.3 Å². The number of nitrogens with zero attached hydrogens (tertiary/aromatic N) is 1. The molecular formula is C22H26F3NO2. The lowest BCUT2D eigenvalue weighted by molar-refractivity contribution is -0.138. The predicted octanol–water partition coefficient (Wildman–Crippen LogP) is 5.65. The number of aromatic nitrogens is 1. The van der Waals surface area contributed by atoms with Crippen molar-refractivity contribution in [2.24, 2.45) is 5.92 Å². The number of benzene rings is 1. The zero-order valence-electron chi connectivity index (χ0n) is 16.2. The van der Waals surface area contributed by atoms with Crippen LogP contribution in [0.1, 0.15) is 67.0 Å². The minimum atomic E-state index is -4.35. The largest absolute Gasteiger partial charge is 0.481 e. The molecule has 3 rings (SSSR count). The molecular weight excluding hydrogens is 367 g/mol. The molecule has 1 aromatic heterocycles. The van der Waals surface area contributed by atoms with Crippen LogP contribution in [0.25, 0.3) is 0 Å². The Balaban J connectivity index is 1.95. The lowest BCUT2D eigenvalue weighted by Gasteiger charge is -2.25. The first-order chi connectivity index (χ1) is 13.1. The third-order valence-corrected chi connectivity index (χ3v) is 5.37. The molecule has 0 spiro atoms. The number of alkyl halides is 3. The van der Waals surface area contributed by atoms with Gasteiger partial charge in [0.15, 0.2) is 0 Å². The first-order valence-electron chi connectivity index (χ1n) is 9.74. The van der Waals surface area contributed by atoms with E-state index >= 15 is 0 Å². The van der Waals surface area contributed by atoms with Crippen LogP contribution in [0.2, 0.25) is 0 Å². The molecule has 1 N–H and O–H groups in total. The maximum Gasteiger partial charge on any atom is 0.416 e. The standard InChI is InChI=1S/C22H26F3NO2/c1-14(2)10-17-13-26(12-15-6-8-18(9-7-15)22(23,24)25)21-16(11-20(27)28)4-3-5-19(17)21/h6-9,13-14,16H,3-5,10-12H2,1-2H3,(H,27,28). The maximum atomic E-state index is 12.8. The van der Waals surface area contributed by atoms with Gasteiger partial charge in [0.25, 0.3) is 0 Å². The Kier molecular flexibility index (Phi) is 5.87. The molecule has 0 radical (unpaired) electrons. The number of fused-ring (bicyclic) bond motifs is 1. The van der Waals surface area contributed by atoms with Gasteiger partial charge in [0, 0.05) is 24.4 Å². The van der Waals surface area contributed by atoms with Gasteiger partial charge >= 0.3 is 12.1 Å². The Labute approximate surface area is 163 Å². The molecule has 2 aromatic rings. The van der Waals surface area contributed by atoms with Crippen molar-refractivity contribution >= 4 is 5.97 Å². The van der Waals surface area contributed by atoms with E-state index in [4.69, 9.17) is 0 Å². The second-order valence-corrected chi connectivity index (χ2v) is 8.13. The molecule has 1 aliphatic rings. The van der Waals surface area contributed by atoms with Crippen LogP contribution >= 0.6 is 0 Å². The second-order valence-electron chi connectivity index (χ2n) is 8.13. The van der Waals surface area contributed by atoms with E-state index in [9.17, 15) is 23.1 Å². The average molecular weight is 393 g/mol. The third-order valence-electron chi connectivity index (χ3n) is 5.37. The van der Waals surface area contributed by atoms with Gasteiger partial charge in [-0.2, -0.15) is 13.2 Å². The van der Waals surface area contributed by atoms with Gasteiger partial charge in [-0.3, -0.25) is 4.79 Å². The van der Waals surface area contributed by atoms with Crippen LogP contribution in [-0.2, 0) is 30.4 Å². The zero-order chi connectivity index (χ0) is 20.5. The molecule has 1 unspecified atom stereocenters. The van der Waals surface area contributed by atoms with Gasteiger partial charge in [-0.1, -0.05) is 26.0 Å². The molecule has 6 heteroatoms. The molecule has 1 heterocycles. The number of carboxylic acids is 1. The fraction of sp³-hybridized carbons (Fsp3) is 0.500. The summed E-state index contributed by atoms with van der Waals surface area (Å²) in [7, 11) is 0. The monoisotopic (exact) mass is 393 g/mol. The first kappa shape index (κ1) is 20.5. The van der Waals surface area contributed by atoms with Crippen molar-refractivity contribution in [3.63, 3.8) is 0 Å². The molecule has 0 saturated carbocycles. The van der Waals surface area contributed by atoms with Crippen molar-refractivity contribution < 1.29 is 23.1 Å². The highest BCUT2D eigenvalue weighted by Crippen LogP contribution is 2.38. The van der Waals surface area contributed by atoms with Crippen molar-refractivity contribution in [2.45, 2.75) is 64.6 Å². The van der Waals surface area contributed by atoms with Crippen molar-refractivity contribution in [3.8, 4) is 0 Å². The van der Waals surface area contributed by atoms with Crippen LogP contribution in [-0.4, -0.2) is 15.6 Å². The topological polar surface area (TPSA) is 42.2 Å². The summed E-state index contributed by atoms with van der Waals surface area (Å²) in [5.74, 6) is -0.381. The number of carbonyl (C=O) groups is 1. The molecule has 0 saturated heterocycles. The number of rotatable bonds is 6. The summed E-state index contributed by atoms with van der Waals surface area (Å²) in [6.07, 6.45) is 1.49. The number of hydrogen-bond acceptors (Lipinski definition) is 1. The molecule has 0 fully saturated rings. The highest BCUT2D eigenvalue weighted by molar-refractivity contribution is 5.68. The van der Waals surface area contributed by atoms with Crippen molar-refractivity contribution in [2.75, 3.05) is 0 Å². The van der Waals surface area contributed by atoms with Crippen molar-refractivity contribution in [1.82, 2.24) is 4.57 Å². The molecule has 28 heavy (non-hydrogen) atoms. The van der Waals surface area contributed by atoms with Crippen LogP contribution in [0.3, 0.4) is 0 Å². The molecule has 0 bridgehead atoms. The third kappa shape index (κ3) is 4.59. The minimum absolute atomic E-state index is 0.0448. The fourth-order valence-corrected chi connectivity index (χ4v) is 4.26. The van der Waals surface area contributed by atoms with Gasteiger partial charge < -0.3 is 9.67 Å². The number of hydrogen-bond donors (Lipinski definition) is 1. The summed E-state index contributed by atoms with van der Waals surface area (Å²) in [6, 6.07) is 5.23. The Morgan fingerprint density at radius 3 is 2.50 bits per heavy atom. The van der Waals surface area contributed by atoms with E-state index in [1.54, 1.807) is 0 Å². The summed E-state index contributed by atoms with van der Waals surface area (Å²) in [6.45, 7) is 4.75. The average Bonchev–Trinajstić information content (AvgIpc) is 2.92. The zero-order valence-corrected chi connectivity index (χ0v) is 16.2. The quantitative estimate of drug-likeness (QED) is 0.689. The number of aliphatic carboxylic acids is 1. The highest BCUT2D eigenvalue weighted by atomic mass is 19.4. The molecule has 1 atom stereocenters. The second kappa shape index (κ2) is 8.02. The Bertz CT molecular complexity index is 835. The van der Waals surface area contributed by atoms with Gasteiger partial charge in [0.05, 0.1) is 12.0 Å². The lowest BCUT2D eigenvalue weighted by Crippen LogP contribution is -2.18. The maximum absolute atomic E-state index is 12.8. The van der Waals surface area contributed by atoms with Crippen LogP contribution in [0, 0.1) is 5.92 Å². The predicted molar refractivity (Wildman–Crippen MR) is 101 cm³/mol. The van der Waals surface area contributed by atoms with Crippen LogP contribution in [0.4, 0.5) is 13.2 Å². The highest BCUT2D eigenvalue weighted by Gasteiger charge is 2.31. The summed E-state index contributed by atoms with van der Waals surface area (Å²) in [5.41, 5.74) is 3.67. The van der Waals surface area contributed by atoms with Gasteiger partial charge in [0.1, 0.15) is 0 Å². The first-order valence-corrected chi connectivity index (χ1v) is 9.74. The fourth-order valence-electron chi connectivity index (χ4n) is 4.26.